The number of halogens is 1. The van der Waals surface area contributed by atoms with Crippen LogP contribution in [0.4, 0.5) is 5.69 Å². The third-order valence-electron chi connectivity index (χ3n) is 3.82. The van der Waals surface area contributed by atoms with E-state index in [1.54, 1.807) is 11.3 Å². The average Bonchev–Trinajstić information content (AvgIpc) is 2.94. The van der Waals surface area contributed by atoms with Crippen molar-refractivity contribution in [2.24, 2.45) is 4.99 Å². The number of allylic oxidation sites excluding steroid dienone is 1. The molecule has 1 heterocycles. The largest absolute Gasteiger partial charge is 0.313 e. The molecule has 4 heteroatoms. The summed E-state index contributed by atoms with van der Waals surface area (Å²) in [5.41, 5.74) is 5.68. The van der Waals surface area contributed by atoms with Crippen molar-refractivity contribution in [1.29, 1.82) is 0 Å². The first-order valence-corrected chi connectivity index (χ1v) is 9.01. The Bertz CT molecular complexity index is 933. The minimum Gasteiger partial charge on any atom is -0.313 e. The van der Waals surface area contributed by atoms with Gasteiger partial charge in [-0.1, -0.05) is 47.5 Å². The lowest BCUT2D eigenvalue weighted by Gasteiger charge is -2.07. The zero-order chi connectivity index (χ0) is 17.1. The SMILES string of the molecule is C=CCn1c(-c2ccc(Cl)cc2)csc1=Nc1ccc(C)cc1C. The van der Waals surface area contributed by atoms with Gasteiger partial charge >= 0.3 is 0 Å². The van der Waals surface area contributed by atoms with Crippen LogP contribution in [0.15, 0.2) is 65.5 Å². The predicted molar refractivity (Wildman–Crippen MR) is 104 cm³/mol. The van der Waals surface area contributed by atoms with Crippen LogP contribution in [-0.2, 0) is 6.54 Å². The van der Waals surface area contributed by atoms with E-state index in [1.165, 1.54) is 11.1 Å². The van der Waals surface area contributed by atoms with Gasteiger partial charge in [0.2, 0.25) is 0 Å². The van der Waals surface area contributed by atoms with Crippen molar-refractivity contribution in [1.82, 2.24) is 4.57 Å². The molecule has 2 aromatic carbocycles. The minimum absolute atomic E-state index is 0.713. The quantitative estimate of drug-likeness (QED) is 0.518. The van der Waals surface area contributed by atoms with Crippen molar-refractivity contribution < 1.29 is 0 Å². The van der Waals surface area contributed by atoms with Crippen molar-refractivity contribution in [3.05, 3.63) is 81.5 Å². The monoisotopic (exact) mass is 354 g/mol. The van der Waals surface area contributed by atoms with Gasteiger partial charge in [-0.15, -0.1) is 17.9 Å². The van der Waals surface area contributed by atoms with Gasteiger partial charge in [-0.3, -0.25) is 0 Å². The second-order valence-corrected chi connectivity index (χ2v) is 6.98. The maximum absolute atomic E-state index is 6.00. The van der Waals surface area contributed by atoms with E-state index in [2.05, 4.69) is 48.6 Å². The summed E-state index contributed by atoms with van der Waals surface area (Å²) >= 11 is 7.64. The van der Waals surface area contributed by atoms with E-state index >= 15 is 0 Å². The highest BCUT2D eigenvalue weighted by molar-refractivity contribution is 7.07. The summed E-state index contributed by atoms with van der Waals surface area (Å²) in [5.74, 6) is 0. The highest BCUT2D eigenvalue weighted by Crippen LogP contribution is 2.24. The van der Waals surface area contributed by atoms with Crippen LogP contribution in [0, 0.1) is 13.8 Å². The molecule has 122 valence electrons. The molecular formula is C20H19ClN2S. The summed E-state index contributed by atoms with van der Waals surface area (Å²) in [5, 5.41) is 2.87. The molecule has 0 unspecified atom stereocenters. The van der Waals surface area contributed by atoms with Gasteiger partial charge in [0.05, 0.1) is 11.4 Å². The minimum atomic E-state index is 0.713. The molecule has 0 aliphatic rings. The first-order valence-electron chi connectivity index (χ1n) is 7.75. The zero-order valence-electron chi connectivity index (χ0n) is 13.8. The molecule has 0 saturated carbocycles. The van der Waals surface area contributed by atoms with Crippen LogP contribution in [0.5, 0.6) is 0 Å². The molecule has 0 aliphatic carbocycles. The van der Waals surface area contributed by atoms with E-state index in [9.17, 15) is 0 Å². The Balaban J connectivity index is 2.13. The van der Waals surface area contributed by atoms with Crippen LogP contribution >= 0.6 is 22.9 Å². The molecule has 0 amide bonds. The summed E-state index contributed by atoms with van der Waals surface area (Å²) < 4.78 is 2.18. The Morgan fingerprint density at radius 1 is 1.17 bits per heavy atom. The van der Waals surface area contributed by atoms with Crippen molar-refractivity contribution in [3.63, 3.8) is 0 Å². The lowest BCUT2D eigenvalue weighted by Crippen LogP contribution is -2.14. The lowest BCUT2D eigenvalue weighted by atomic mass is 10.1. The molecule has 0 bridgehead atoms. The van der Waals surface area contributed by atoms with Crippen molar-refractivity contribution in [2.45, 2.75) is 20.4 Å². The number of thiazole rings is 1. The van der Waals surface area contributed by atoms with Crippen LogP contribution in [0.1, 0.15) is 11.1 Å². The highest BCUT2D eigenvalue weighted by atomic mass is 35.5. The zero-order valence-corrected chi connectivity index (χ0v) is 15.4. The van der Waals surface area contributed by atoms with Crippen LogP contribution in [0.25, 0.3) is 11.3 Å². The molecule has 24 heavy (non-hydrogen) atoms. The number of aromatic nitrogens is 1. The summed E-state index contributed by atoms with van der Waals surface area (Å²) in [7, 11) is 0. The van der Waals surface area contributed by atoms with E-state index in [0.717, 1.165) is 26.8 Å². The molecule has 1 aromatic heterocycles. The number of benzene rings is 2. The molecule has 3 rings (SSSR count). The maximum atomic E-state index is 6.00. The Morgan fingerprint density at radius 2 is 1.92 bits per heavy atom. The van der Waals surface area contributed by atoms with Crippen LogP contribution in [0.2, 0.25) is 5.02 Å². The number of hydrogen-bond acceptors (Lipinski definition) is 2. The molecule has 3 aromatic rings. The van der Waals surface area contributed by atoms with Gasteiger partial charge in [-0.2, -0.15) is 0 Å². The standard InChI is InChI=1S/C20H19ClN2S/c1-4-11-23-19(16-6-8-17(21)9-7-16)13-24-20(23)22-18-10-5-14(2)12-15(18)3/h4-10,12-13H,1,11H2,2-3H3. The normalized spacial score (nSPS) is 11.7. The molecule has 0 spiro atoms. The summed E-state index contributed by atoms with van der Waals surface area (Å²) in [4.78, 5) is 5.84. The average molecular weight is 355 g/mol. The van der Waals surface area contributed by atoms with E-state index in [-0.39, 0.29) is 0 Å². The molecule has 0 radical (unpaired) electrons. The Morgan fingerprint density at radius 3 is 2.58 bits per heavy atom. The summed E-state index contributed by atoms with van der Waals surface area (Å²) in [6.07, 6.45) is 1.90. The third kappa shape index (κ3) is 3.53. The van der Waals surface area contributed by atoms with E-state index < -0.39 is 0 Å². The van der Waals surface area contributed by atoms with Crippen molar-refractivity contribution in [3.8, 4) is 11.3 Å². The number of aryl methyl sites for hydroxylation is 2. The molecular weight excluding hydrogens is 336 g/mol. The topological polar surface area (TPSA) is 17.3 Å². The third-order valence-corrected chi connectivity index (χ3v) is 4.93. The van der Waals surface area contributed by atoms with Crippen LogP contribution < -0.4 is 4.80 Å². The number of nitrogens with zero attached hydrogens (tertiary/aromatic N) is 2. The maximum Gasteiger partial charge on any atom is 0.190 e. The molecule has 0 saturated heterocycles. The van der Waals surface area contributed by atoms with Gasteiger partial charge < -0.3 is 4.57 Å². The molecule has 0 fully saturated rings. The Hall–Kier alpha value is -2.10. The van der Waals surface area contributed by atoms with Crippen LogP contribution in [0.3, 0.4) is 0 Å². The van der Waals surface area contributed by atoms with Gasteiger partial charge in [-0.05, 0) is 43.2 Å². The summed E-state index contributed by atoms with van der Waals surface area (Å²) in [6.45, 7) is 8.79. The van der Waals surface area contributed by atoms with E-state index in [4.69, 9.17) is 16.6 Å². The smallest absolute Gasteiger partial charge is 0.190 e. The van der Waals surface area contributed by atoms with E-state index in [0.29, 0.717) is 6.54 Å². The van der Waals surface area contributed by atoms with Crippen LogP contribution in [-0.4, -0.2) is 4.57 Å². The fourth-order valence-corrected chi connectivity index (χ4v) is 3.67. The first kappa shape index (κ1) is 16.7. The fraction of sp³-hybridized carbons (Fsp3) is 0.150. The second-order valence-electron chi connectivity index (χ2n) is 5.71. The van der Waals surface area contributed by atoms with Crippen molar-refractivity contribution >= 4 is 28.6 Å². The van der Waals surface area contributed by atoms with Gasteiger partial charge in [0, 0.05) is 16.9 Å². The molecule has 0 atom stereocenters. The molecule has 0 aliphatic heterocycles. The summed E-state index contributed by atoms with van der Waals surface area (Å²) in [6, 6.07) is 14.2. The molecule has 2 nitrogen and oxygen atoms in total. The van der Waals surface area contributed by atoms with Crippen molar-refractivity contribution in [2.75, 3.05) is 0 Å². The van der Waals surface area contributed by atoms with Gasteiger partial charge in [0.15, 0.2) is 4.80 Å². The highest BCUT2D eigenvalue weighted by Gasteiger charge is 2.07. The Kier molecular flexibility index (Phi) is 5.03. The van der Waals surface area contributed by atoms with E-state index in [1.807, 2.05) is 30.3 Å². The predicted octanol–water partition coefficient (Wildman–Crippen LogP) is 5.91. The second kappa shape index (κ2) is 7.20. The molecule has 0 N–H and O–H groups in total. The number of rotatable bonds is 4. The Labute approximate surface area is 151 Å². The lowest BCUT2D eigenvalue weighted by molar-refractivity contribution is 0.800. The first-order chi connectivity index (χ1) is 11.6. The number of hydrogen-bond donors (Lipinski definition) is 0. The van der Waals surface area contributed by atoms with Gasteiger partial charge in [-0.25, -0.2) is 4.99 Å². The fourth-order valence-electron chi connectivity index (χ4n) is 2.61. The van der Waals surface area contributed by atoms with Gasteiger partial charge in [0.25, 0.3) is 0 Å². The van der Waals surface area contributed by atoms with Gasteiger partial charge in [0.1, 0.15) is 0 Å².